The van der Waals surface area contributed by atoms with E-state index in [1.807, 2.05) is 0 Å². The molecular weight excluding hydrogens is 530 g/mol. The molecule has 208 valence electrons. The molecule has 1 saturated heterocycles. The van der Waals surface area contributed by atoms with Crippen molar-refractivity contribution in [2.75, 3.05) is 26.6 Å². The standard InChI is InChI=1S/C23H28F6N2O5S/c1-3-34-15-35-10-5-9-31-20(23(27,28)29)13-18(30-31)19-14-21(2,8-11-36-19)37(32,33)17-7-4-6-16(12-17)22(24,25)26/h4,6-7,12-13,19H,3,5,8-11,14-15H2,1-2H3. The fourth-order valence-corrected chi connectivity index (χ4v) is 5.87. The van der Waals surface area contributed by atoms with Crippen LogP contribution >= 0.6 is 0 Å². The van der Waals surface area contributed by atoms with Gasteiger partial charge in [0.1, 0.15) is 18.6 Å². The third-order valence-electron chi connectivity index (χ3n) is 6.14. The Morgan fingerprint density at radius 2 is 1.86 bits per heavy atom. The van der Waals surface area contributed by atoms with Gasteiger partial charge in [-0.2, -0.15) is 31.4 Å². The minimum Gasteiger partial charge on any atom is -0.372 e. The summed E-state index contributed by atoms with van der Waals surface area (Å²) in [6.07, 6.45) is -10.7. The Balaban J connectivity index is 1.83. The van der Waals surface area contributed by atoms with Gasteiger partial charge < -0.3 is 14.2 Å². The molecule has 1 aliphatic rings. The van der Waals surface area contributed by atoms with Crippen molar-refractivity contribution in [3.05, 3.63) is 47.3 Å². The topological polar surface area (TPSA) is 79.7 Å². The first-order chi connectivity index (χ1) is 17.2. The Labute approximate surface area is 210 Å². The number of sulfone groups is 1. The number of alkyl halides is 6. The minimum atomic E-state index is -4.74. The Kier molecular flexibility index (Phi) is 8.97. The van der Waals surface area contributed by atoms with Crippen LogP contribution in [0, 0.1) is 0 Å². The maximum Gasteiger partial charge on any atom is 0.433 e. The smallest absolute Gasteiger partial charge is 0.372 e. The van der Waals surface area contributed by atoms with E-state index in [9.17, 15) is 34.8 Å². The van der Waals surface area contributed by atoms with Gasteiger partial charge in [-0.3, -0.25) is 4.68 Å². The predicted octanol–water partition coefficient (Wildman–Crippen LogP) is 5.41. The van der Waals surface area contributed by atoms with Gasteiger partial charge in [-0.1, -0.05) is 6.07 Å². The molecule has 2 aromatic rings. The molecule has 2 unspecified atom stereocenters. The highest BCUT2D eigenvalue weighted by Gasteiger charge is 2.47. The lowest BCUT2D eigenvalue weighted by Crippen LogP contribution is -2.42. The zero-order valence-electron chi connectivity index (χ0n) is 20.2. The second-order valence-corrected chi connectivity index (χ2v) is 11.3. The fraction of sp³-hybridized carbons (Fsp3) is 0.609. The molecular formula is C23H28F6N2O5S. The van der Waals surface area contributed by atoms with Gasteiger partial charge in [0.2, 0.25) is 0 Å². The van der Waals surface area contributed by atoms with Gasteiger partial charge in [0.05, 0.1) is 27.5 Å². The summed E-state index contributed by atoms with van der Waals surface area (Å²) >= 11 is 0. The third kappa shape index (κ3) is 6.84. The van der Waals surface area contributed by atoms with Gasteiger partial charge in [-0.15, -0.1) is 0 Å². The molecule has 7 nitrogen and oxygen atoms in total. The molecule has 0 spiro atoms. The van der Waals surface area contributed by atoms with Gasteiger partial charge in [0, 0.05) is 19.8 Å². The molecule has 37 heavy (non-hydrogen) atoms. The van der Waals surface area contributed by atoms with Gasteiger partial charge >= 0.3 is 12.4 Å². The summed E-state index contributed by atoms with van der Waals surface area (Å²) in [5, 5.41) is 4.04. The first-order valence-corrected chi connectivity index (χ1v) is 13.0. The van der Waals surface area contributed by atoms with Crippen molar-refractivity contribution in [1.29, 1.82) is 0 Å². The Morgan fingerprint density at radius 1 is 1.14 bits per heavy atom. The zero-order valence-corrected chi connectivity index (χ0v) is 21.0. The number of halogens is 6. The Bertz CT molecular complexity index is 1170. The summed E-state index contributed by atoms with van der Waals surface area (Å²) in [5.74, 6) is 0. The second-order valence-electron chi connectivity index (χ2n) is 8.84. The van der Waals surface area contributed by atoms with Crippen LogP contribution in [-0.2, 0) is 42.9 Å². The molecule has 1 fully saturated rings. The van der Waals surface area contributed by atoms with Crippen LogP contribution in [-0.4, -0.2) is 49.6 Å². The number of benzene rings is 1. The largest absolute Gasteiger partial charge is 0.433 e. The monoisotopic (exact) mass is 558 g/mol. The van der Waals surface area contributed by atoms with E-state index in [0.29, 0.717) is 12.7 Å². The number of aromatic nitrogens is 2. The quantitative estimate of drug-likeness (QED) is 0.221. The summed E-state index contributed by atoms with van der Waals surface area (Å²) < 4.78 is 122. The average Bonchev–Trinajstić information content (AvgIpc) is 3.26. The van der Waals surface area contributed by atoms with E-state index in [4.69, 9.17) is 14.2 Å². The molecule has 0 bridgehead atoms. The number of rotatable bonds is 10. The number of aryl methyl sites for hydroxylation is 1. The van der Waals surface area contributed by atoms with Crippen molar-refractivity contribution in [3.63, 3.8) is 0 Å². The highest BCUT2D eigenvalue weighted by molar-refractivity contribution is 7.92. The van der Waals surface area contributed by atoms with E-state index in [-0.39, 0.29) is 51.5 Å². The van der Waals surface area contributed by atoms with Crippen molar-refractivity contribution < 1.29 is 49.0 Å². The van der Waals surface area contributed by atoms with E-state index in [2.05, 4.69) is 5.10 Å². The average molecular weight is 559 g/mol. The minimum absolute atomic E-state index is 0.0157. The summed E-state index contributed by atoms with van der Waals surface area (Å²) in [4.78, 5) is -0.515. The highest BCUT2D eigenvalue weighted by Crippen LogP contribution is 2.43. The fourth-order valence-electron chi connectivity index (χ4n) is 4.04. The predicted molar refractivity (Wildman–Crippen MR) is 119 cm³/mol. The molecule has 0 amide bonds. The SMILES string of the molecule is CCOCOCCCn1nc(C2CC(C)(S(=O)(=O)c3cccc(C(F)(F)F)c3)CCO2)cc1C(F)(F)F. The summed E-state index contributed by atoms with van der Waals surface area (Å²) in [7, 11) is -4.31. The van der Waals surface area contributed by atoms with Gasteiger partial charge in [0.25, 0.3) is 0 Å². The molecule has 0 radical (unpaired) electrons. The van der Waals surface area contributed by atoms with E-state index in [0.717, 1.165) is 28.9 Å². The molecule has 1 aromatic heterocycles. The summed E-state index contributed by atoms with van der Waals surface area (Å²) in [5.41, 5.74) is -2.24. The number of hydrogen-bond donors (Lipinski definition) is 0. The first kappa shape index (κ1) is 29.4. The molecule has 14 heteroatoms. The van der Waals surface area contributed by atoms with E-state index >= 15 is 0 Å². The molecule has 1 aromatic carbocycles. The van der Waals surface area contributed by atoms with E-state index in [1.165, 1.54) is 6.92 Å². The number of ether oxygens (including phenoxy) is 3. The maximum absolute atomic E-state index is 13.7. The van der Waals surface area contributed by atoms with Crippen molar-refractivity contribution in [3.8, 4) is 0 Å². The second kappa shape index (κ2) is 11.3. The summed E-state index contributed by atoms with van der Waals surface area (Å²) in [6.45, 7) is 3.47. The van der Waals surface area contributed by atoms with Crippen LogP contribution in [0.3, 0.4) is 0 Å². The van der Waals surface area contributed by atoms with Crippen LogP contribution in [0.5, 0.6) is 0 Å². The lowest BCUT2D eigenvalue weighted by Gasteiger charge is -2.37. The van der Waals surface area contributed by atoms with Crippen LogP contribution in [0.1, 0.15) is 56.2 Å². The Hall–Kier alpha value is -2.16. The van der Waals surface area contributed by atoms with Crippen LogP contribution in [0.2, 0.25) is 0 Å². The molecule has 3 rings (SSSR count). The molecule has 2 atom stereocenters. The van der Waals surface area contributed by atoms with Gasteiger partial charge in [-0.25, -0.2) is 8.42 Å². The zero-order chi connectivity index (χ0) is 27.5. The van der Waals surface area contributed by atoms with Gasteiger partial charge in [0.15, 0.2) is 9.84 Å². The van der Waals surface area contributed by atoms with E-state index < -0.39 is 49.2 Å². The van der Waals surface area contributed by atoms with Crippen LogP contribution in [0.4, 0.5) is 26.3 Å². The highest BCUT2D eigenvalue weighted by atomic mass is 32.2. The summed E-state index contributed by atoms with van der Waals surface area (Å²) in [6, 6.07) is 4.22. The van der Waals surface area contributed by atoms with Crippen LogP contribution in [0.15, 0.2) is 35.2 Å². The van der Waals surface area contributed by atoms with Crippen LogP contribution in [0.25, 0.3) is 0 Å². The van der Waals surface area contributed by atoms with Gasteiger partial charge in [-0.05, 0) is 57.4 Å². The number of hydrogen-bond acceptors (Lipinski definition) is 6. The molecule has 0 N–H and O–H groups in total. The lowest BCUT2D eigenvalue weighted by atomic mass is 9.95. The van der Waals surface area contributed by atoms with Crippen LogP contribution < -0.4 is 0 Å². The lowest BCUT2D eigenvalue weighted by molar-refractivity contribution is -0.144. The molecule has 2 heterocycles. The van der Waals surface area contributed by atoms with Crippen molar-refractivity contribution >= 4 is 9.84 Å². The van der Waals surface area contributed by atoms with Crippen molar-refractivity contribution in [2.24, 2.45) is 0 Å². The number of nitrogens with zero attached hydrogens (tertiary/aromatic N) is 2. The van der Waals surface area contributed by atoms with Crippen molar-refractivity contribution in [1.82, 2.24) is 9.78 Å². The van der Waals surface area contributed by atoms with E-state index in [1.54, 1.807) is 6.92 Å². The Morgan fingerprint density at radius 3 is 2.51 bits per heavy atom. The molecule has 1 aliphatic heterocycles. The third-order valence-corrected chi connectivity index (χ3v) is 8.68. The molecule has 0 saturated carbocycles. The maximum atomic E-state index is 13.7. The first-order valence-electron chi connectivity index (χ1n) is 11.5. The van der Waals surface area contributed by atoms with Crippen molar-refractivity contribution in [2.45, 2.75) is 67.8 Å². The normalized spacial score (nSPS) is 21.4. The molecule has 0 aliphatic carbocycles.